The molecular formula is C17H16N2O3. The number of nitrogens with zero attached hydrogens (tertiary/aromatic N) is 1. The van der Waals surface area contributed by atoms with Crippen molar-refractivity contribution in [3.05, 3.63) is 57.9 Å². The van der Waals surface area contributed by atoms with E-state index in [1.807, 2.05) is 6.07 Å². The van der Waals surface area contributed by atoms with E-state index < -0.39 is 5.97 Å². The molecule has 1 aromatic carbocycles. The van der Waals surface area contributed by atoms with Crippen molar-refractivity contribution in [3.8, 4) is 6.07 Å². The smallest absolute Gasteiger partial charge is 0.355 e. The van der Waals surface area contributed by atoms with E-state index in [2.05, 4.69) is 4.98 Å². The molecule has 2 rings (SSSR count). The Morgan fingerprint density at radius 1 is 1.32 bits per heavy atom. The maximum atomic E-state index is 12.2. The van der Waals surface area contributed by atoms with E-state index in [1.165, 1.54) is 6.92 Å². The SMILES string of the molecule is CC(=O)c1c(C)[nH]c(C(=O)OCc2cccc(C#N)c2)c1C. The molecule has 0 radical (unpaired) electrons. The van der Waals surface area contributed by atoms with Crippen molar-refractivity contribution in [1.82, 2.24) is 4.98 Å². The van der Waals surface area contributed by atoms with Gasteiger partial charge in [0.15, 0.2) is 5.78 Å². The monoisotopic (exact) mass is 296 g/mol. The maximum Gasteiger partial charge on any atom is 0.355 e. The molecule has 0 saturated carbocycles. The van der Waals surface area contributed by atoms with Crippen LogP contribution in [-0.2, 0) is 11.3 Å². The van der Waals surface area contributed by atoms with Gasteiger partial charge in [-0.15, -0.1) is 0 Å². The topological polar surface area (TPSA) is 82.9 Å². The van der Waals surface area contributed by atoms with Crippen LogP contribution < -0.4 is 0 Å². The third kappa shape index (κ3) is 3.07. The maximum absolute atomic E-state index is 12.2. The number of rotatable bonds is 4. The summed E-state index contributed by atoms with van der Waals surface area (Å²) in [6, 6.07) is 8.90. The summed E-state index contributed by atoms with van der Waals surface area (Å²) in [4.78, 5) is 26.6. The lowest BCUT2D eigenvalue weighted by molar-refractivity contribution is 0.0465. The Kier molecular flexibility index (Phi) is 4.42. The third-order valence-corrected chi connectivity index (χ3v) is 3.42. The number of nitrogens with one attached hydrogen (secondary N) is 1. The highest BCUT2D eigenvalue weighted by molar-refractivity contribution is 6.01. The first-order chi connectivity index (χ1) is 10.4. The van der Waals surface area contributed by atoms with Gasteiger partial charge < -0.3 is 9.72 Å². The average molecular weight is 296 g/mol. The molecule has 0 aliphatic carbocycles. The number of aromatic amines is 1. The molecule has 5 heteroatoms. The molecule has 2 aromatic rings. The molecule has 0 aliphatic rings. The van der Waals surface area contributed by atoms with E-state index in [0.29, 0.717) is 28.1 Å². The Balaban J connectivity index is 2.15. The Bertz CT molecular complexity index is 782. The van der Waals surface area contributed by atoms with Gasteiger partial charge in [0.05, 0.1) is 11.6 Å². The number of aromatic nitrogens is 1. The van der Waals surface area contributed by atoms with Crippen LogP contribution in [0.5, 0.6) is 0 Å². The second-order valence-corrected chi connectivity index (χ2v) is 5.07. The van der Waals surface area contributed by atoms with E-state index >= 15 is 0 Å². The highest BCUT2D eigenvalue weighted by atomic mass is 16.5. The lowest BCUT2D eigenvalue weighted by atomic mass is 10.1. The zero-order valence-corrected chi connectivity index (χ0v) is 12.7. The van der Waals surface area contributed by atoms with Gasteiger partial charge in [0.25, 0.3) is 0 Å². The fourth-order valence-corrected chi connectivity index (χ4v) is 2.43. The van der Waals surface area contributed by atoms with Crippen LogP contribution in [0, 0.1) is 25.2 Å². The standard InChI is InChI=1S/C17H16N2O3/c1-10-15(12(3)20)11(2)19-16(10)17(21)22-9-14-6-4-5-13(7-14)8-18/h4-7,19H,9H2,1-3H3. The summed E-state index contributed by atoms with van der Waals surface area (Å²) in [5.41, 5.74) is 3.32. The molecule has 1 aromatic heterocycles. The van der Waals surface area contributed by atoms with Gasteiger partial charge in [-0.2, -0.15) is 5.26 Å². The van der Waals surface area contributed by atoms with Crippen molar-refractivity contribution < 1.29 is 14.3 Å². The van der Waals surface area contributed by atoms with Gasteiger partial charge in [0.2, 0.25) is 0 Å². The Hall–Kier alpha value is -2.87. The van der Waals surface area contributed by atoms with Crippen LogP contribution in [0.15, 0.2) is 24.3 Å². The minimum atomic E-state index is -0.518. The number of ether oxygens (including phenoxy) is 1. The van der Waals surface area contributed by atoms with Crippen molar-refractivity contribution >= 4 is 11.8 Å². The Morgan fingerprint density at radius 3 is 2.64 bits per heavy atom. The largest absolute Gasteiger partial charge is 0.456 e. The zero-order chi connectivity index (χ0) is 16.3. The molecule has 0 amide bonds. The first-order valence-corrected chi connectivity index (χ1v) is 6.80. The molecule has 5 nitrogen and oxygen atoms in total. The van der Waals surface area contributed by atoms with Crippen molar-refractivity contribution in [2.75, 3.05) is 0 Å². The highest BCUT2D eigenvalue weighted by Crippen LogP contribution is 2.19. The van der Waals surface area contributed by atoms with Crippen molar-refractivity contribution in [2.24, 2.45) is 0 Å². The van der Waals surface area contributed by atoms with Gasteiger partial charge in [0.1, 0.15) is 12.3 Å². The minimum Gasteiger partial charge on any atom is -0.456 e. The summed E-state index contributed by atoms with van der Waals surface area (Å²) in [6.45, 7) is 5.00. The van der Waals surface area contributed by atoms with E-state index in [-0.39, 0.29) is 12.4 Å². The van der Waals surface area contributed by atoms with Gasteiger partial charge in [-0.1, -0.05) is 12.1 Å². The van der Waals surface area contributed by atoms with Gasteiger partial charge in [-0.05, 0) is 44.0 Å². The fourth-order valence-electron chi connectivity index (χ4n) is 2.43. The molecule has 0 aliphatic heterocycles. The number of benzene rings is 1. The second-order valence-electron chi connectivity index (χ2n) is 5.07. The quantitative estimate of drug-likeness (QED) is 0.694. The predicted octanol–water partition coefficient (Wildman–Crippen LogP) is 3.06. The number of aryl methyl sites for hydroxylation is 1. The summed E-state index contributed by atoms with van der Waals surface area (Å²) >= 11 is 0. The first-order valence-electron chi connectivity index (χ1n) is 6.80. The van der Waals surface area contributed by atoms with Crippen LogP contribution in [0.1, 0.15) is 50.2 Å². The summed E-state index contributed by atoms with van der Waals surface area (Å²) in [6.07, 6.45) is 0. The zero-order valence-electron chi connectivity index (χ0n) is 12.7. The lowest BCUT2D eigenvalue weighted by Gasteiger charge is -2.05. The molecular weight excluding hydrogens is 280 g/mol. The molecule has 0 bridgehead atoms. The molecule has 1 N–H and O–H groups in total. The number of hydrogen-bond donors (Lipinski definition) is 1. The Labute approximate surface area is 128 Å². The normalized spacial score (nSPS) is 10.1. The molecule has 22 heavy (non-hydrogen) atoms. The fraction of sp³-hybridized carbons (Fsp3) is 0.235. The molecule has 0 fully saturated rings. The summed E-state index contributed by atoms with van der Waals surface area (Å²) in [7, 11) is 0. The number of carbonyl (C=O) groups is 2. The second kappa shape index (κ2) is 6.27. The first kappa shape index (κ1) is 15.5. The Morgan fingerprint density at radius 2 is 2.05 bits per heavy atom. The van der Waals surface area contributed by atoms with Gasteiger partial charge in [0, 0.05) is 11.3 Å². The third-order valence-electron chi connectivity index (χ3n) is 3.42. The van der Waals surface area contributed by atoms with E-state index in [9.17, 15) is 9.59 Å². The molecule has 0 atom stereocenters. The van der Waals surface area contributed by atoms with Crippen LogP contribution in [0.3, 0.4) is 0 Å². The van der Waals surface area contributed by atoms with Crippen molar-refractivity contribution in [3.63, 3.8) is 0 Å². The van der Waals surface area contributed by atoms with Crippen molar-refractivity contribution in [1.29, 1.82) is 5.26 Å². The number of H-pyrrole nitrogens is 1. The number of ketones is 1. The van der Waals surface area contributed by atoms with Gasteiger partial charge >= 0.3 is 5.97 Å². The van der Waals surface area contributed by atoms with E-state index in [0.717, 1.165) is 5.56 Å². The number of hydrogen-bond acceptors (Lipinski definition) is 4. The van der Waals surface area contributed by atoms with Crippen molar-refractivity contribution in [2.45, 2.75) is 27.4 Å². The van der Waals surface area contributed by atoms with Crippen LogP contribution in [0.2, 0.25) is 0 Å². The summed E-state index contributed by atoms with van der Waals surface area (Å²) in [5, 5.41) is 8.84. The van der Waals surface area contributed by atoms with Crippen LogP contribution in [0.25, 0.3) is 0 Å². The van der Waals surface area contributed by atoms with Crippen LogP contribution in [-0.4, -0.2) is 16.7 Å². The molecule has 0 spiro atoms. The van der Waals surface area contributed by atoms with Crippen LogP contribution in [0.4, 0.5) is 0 Å². The molecule has 1 heterocycles. The lowest BCUT2D eigenvalue weighted by Crippen LogP contribution is -2.08. The molecule has 0 saturated heterocycles. The molecule has 112 valence electrons. The van der Waals surface area contributed by atoms with Gasteiger partial charge in [-0.25, -0.2) is 4.79 Å². The van der Waals surface area contributed by atoms with Gasteiger partial charge in [-0.3, -0.25) is 4.79 Å². The number of esters is 1. The highest BCUT2D eigenvalue weighted by Gasteiger charge is 2.20. The van der Waals surface area contributed by atoms with E-state index in [4.69, 9.17) is 10.00 Å². The number of Topliss-reactive ketones (excluding diaryl/α,β-unsaturated/α-hetero) is 1. The minimum absolute atomic E-state index is 0.0707. The van der Waals surface area contributed by atoms with E-state index in [1.54, 1.807) is 38.1 Å². The number of nitriles is 1. The average Bonchev–Trinajstić information content (AvgIpc) is 2.80. The summed E-state index contributed by atoms with van der Waals surface area (Å²) in [5.74, 6) is -0.609. The number of carbonyl (C=O) groups excluding carboxylic acids is 2. The predicted molar refractivity (Wildman–Crippen MR) is 80.5 cm³/mol. The summed E-state index contributed by atoms with van der Waals surface area (Å²) < 4.78 is 5.25. The van der Waals surface area contributed by atoms with Crippen LogP contribution >= 0.6 is 0 Å². The molecule has 0 unspecified atom stereocenters.